The van der Waals surface area contributed by atoms with E-state index in [9.17, 15) is 4.39 Å². The molecule has 0 aliphatic carbocycles. The van der Waals surface area contributed by atoms with E-state index in [1.165, 1.54) is 12.3 Å². The molecule has 10 heteroatoms. The summed E-state index contributed by atoms with van der Waals surface area (Å²) in [7, 11) is 0. The smallest absolute Gasteiger partial charge is 0.319 e. The Morgan fingerprint density at radius 1 is 1.13 bits per heavy atom. The van der Waals surface area contributed by atoms with Gasteiger partial charge in [-0.2, -0.15) is 9.49 Å². The van der Waals surface area contributed by atoms with Gasteiger partial charge >= 0.3 is 6.01 Å². The molecule has 0 fully saturated rings. The third-order valence-electron chi connectivity index (χ3n) is 5.23. The van der Waals surface area contributed by atoms with E-state index in [0.29, 0.717) is 18.1 Å². The zero-order chi connectivity index (χ0) is 20.1. The summed E-state index contributed by atoms with van der Waals surface area (Å²) in [6, 6.07) is 10.8. The van der Waals surface area contributed by atoms with Crippen molar-refractivity contribution in [3.63, 3.8) is 0 Å². The highest BCUT2D eigenvalue weighted by Gasteiger charge is 2.35. The number of nitrogens with one attached hydrogen (secondary N) is 1. The van der Waals surface area contributed by atoms with Crippen molar-refractivity contribution < 1.29 is 8.81 Å². The van der Waals surface area contributed by atoms with Crippen LogP contribution in [0.1, 0.15) is 23.1 Å². The van der Waals surface area contributed by atoms with Gasteiger partial charge in [-0.05, 0) is 30.3 Å². The Balaban J connectivity index is 1.43. The Morgan fingerprint density at radius 2 is 2.10 bits per heavy atom. The lowest BCUT2D eigenvalue weighted by atomic mass is 10.0. The lowest BCUT2D eigenvalue weighted by molar-refractivity contribution is 0.503. The third kappa shape index (κ3) is 2.65. The van der Waals surface area contributed by atoms with Crippen molar-refractivity contribution in [2.45, 2.75) is 12.5 Å². The topological polar surface area (TPSA) is 101 Å². The van der Waals surface area contributed by atoms with Gasteiger partial charge in [0.15, 0.2) is 0 Å². The van der Waals surface area contributed by atoms with Crippen LogP contribution in [0, 0.1) is 5.95 Å². The van der Waals surface area contributed by atoms with Crippen molar-refractivity contribution in [2.75, 3.05) is 11.4 Å². The molecule has 0 saturated heterocycles. The van der Waals surface area contributed by atoms with Gasteiger partial charge in [-0.1, -0.05) is 11.2 Å². The molecule has 1 atom stereocenters. The SMILES string of the molecule is Fc1ccc(-c2nnc(N3CCc4[nH]cnc4[C@@H]3c3cc4ccccn4n3)o2)cn1. The summed E-state index contributed by atoms with van der Waals surface area (Å²) in [6.45, 7) is 0.650. The predicted octanol–water partition coefficient (Wildman–Crippen LogP) is 2.79. The first-order chi connectivity index (χ1) is 14.8. The first-order valence-corrected chi connectivity index (χ1v) is 9.45. The van der Waals surface area contributed by atoms with Crippen LogP contribution in [0.2, 0.25) is 0 Å². The van der Waals surface area contributed by atoms with Crippen molar-refractivity contribution >= 4 is 11.5 Å². The number of H-pyrrole nitrogens is 1. The van der Waals surface area contributed by atoms with Gasteiger partial charge in [0.1, 0.15) is 6.04 Å². The number of fused-ring (bicyclic) bond motifs is 2. The van der Waals surface area contributed by atoms with Gasteiger partial charge in [-0.3, -0.25) is 0 Å². The Bertz CT molecular complexity index is 1310. The number of rotatable bonds is 3. The maximum Gasteiger partial charge on any atom is 0.319 e. The minimum absolute atomic E-state index is 0.277. The molecular formula is C20H15FN8O. The standard InChI is InChI=1S/C20H15FN8O/c21-16-5-4-12(10-22-16)19-25-26-20(30-19)28-8-6-14-17(24-11-23-14)18(28)15-9-13-3-1-2-7-29(13)27-15/h1-5,7,9-11,18H,6,8H2,(H,23,24)/t18-/m0/s1. The summed E-state index contributed by atoms with van der Waals surface area (Å²) in [5, 5.41) is 13.1. The average Bonchev–Trinajstić information content (AvgIpc) is 3.51. The zero-order valence-corrected chi connectivity index (χ0v) is 15.6. The highest BCUT2D eigenvalue weighted by atomic mass is 19.1. The molecule has 0 bridgehead atoms. The van der Waals surface area contributed by atoms with E-state index in [1.807, 2.05) is 39.9 Å². The fourth-order valence-corrected chi connectivity index (χ4v) is 3.82. The summed E-state index contributed by atoms with van der Waals surface area (Å²) in [4.78, 5) is 13.4. The minimum Gasteiger partial charge on any atom is -0.403 e. The summed E-state index contributed by atoms with van der Waals surface area (Å²) in [6.07, 6.45) is 5.73. The van der Waals surface area contributed by atoms with E-state index in [-0.39, 0.29) is 11.9 Å². The number of imidazole rings is 1. The number of aromatic nitrogens is 7. The molecule has 148 valence electrons. The summed E-state index contributed by atoms with van der Waals surface area (Å²) in [5.41, 5.74) is 4.32. The van der Waals surface area contributed by atoms with Crippen LogP contribution >= 0.6 is 0 Å². The van der Waals surface area contributed by atoms with E-state index in [2.05, 4.69) is 25.1 Å². The largest absolute Gasteiger partial charge is 0.403 e. The number of aromatic amines is 1. The van der Waals surface area contributed by atoms with Crippen molar-refractivity contribution in [2.24, 2.45) is 0 Å². The third-order valence-corrected chi connectivity index (χ3v) is 5.23. The molecule has 0 saturated carbocycles. The maximum absolute atomic E-state index is 13.1. The van der Waals surface area contributed by atoms with E-state index in [1.54, 1.807) is 12.4 Å². The molecule has 0 amide bonds. The molecule has 9 nitrogen and oxygen atoms in total. The van der Waals surface area contributed by atoms with Crippen LogP contribution < -0.4 is 4.90 Å². The molecular weight excluding hydrogens is 387 g/mol. The van der Waals surface area contributed by atoms with Gasteiger partial charge < -0.3 is 14.3 Å². The number of hydrogen-bond acceptors (Lipinski definition) is 7. The molecule has 5 aromatic heterocycles. The first kappa shape index (κ1) is 16.8. The first-order valence-electron chi connectivity index (χ1n) is 9.45. The second kappa shape index (κ2) is 6.48. The Morgan fingerprint density at radius 3 is 2.97 bits per heavy atom. The van der Waals surface area contributed by atoms with Crippen LogP contribution in [0.3, 0.4) is 0 Å². The molecule has 1 aliphatic heterocycles. The van der Waals surface area contributed by atoms with Gasteiger partial charge in [0, 0.05) is 31.1 Å². The lowest BCUT2D eigenvalue weighted by Gasteiger charge is -2.32. The Labute approximate surface area is 169 Å². The second-order valence-electron chi connectivity index (χ2n) is 7.01. The maximum atomic E-state index is 13.1. The molecule has 0 aromatic carbocycles. The van der Waals surface area contributed by atoms with E-state index < -0.39 is 5.95 Å². The molecule has 30 heavy (non-hydrogen) atoms. The zero-order valence-electron chi connectivity index (χ0n) is 15.6. The number of hydrogen-bond donors (Lipinski definition) is 1. The van der Waals surface area contributed by atoms with Crippen molar-refractivity contribution in [1.82, 2.24) is 34.8 Å². The van der Waals surface area contributed by atoms with Gasteiger partial charge in [-0.25, -0.2) is 14.5 Å². The highest BCUT2D eigenvalue weighted by Crippen LogP contribution is 2.36. The molecule has 1 aliphatic rings. The van der Waals surface area contributed by atoms with Gasteiger partial charge in [-0.15, -0.1) is 5.10 Å². The minimum atomic E-state index is -0.563. The molecule has 1 N–H and O–H groups in total. The molecule has 5 aromatic rings. The Kier molecular flexibility index (Phi) is 3.63. The normalized spacial score (nSPS) is 16.2. The average molecular weight is 402 g/mol. The number of halogens is 1. The van der Waals surface area contributed by atoms with Crippen LogP contribution in [0.15, 0.2) is 59.5 Å². The van der Waals surface area contributed by atoms with E-state index in [4.69, 9.17) is 9.52 Å². The number of anilines is 1. The predicted molar refractivity (Wildman–Crippen MR) is 104 cm³/mol. The van der Waals surface area contributed by atoms with Crippen molar-refractivity contribution in [3.8, 4) is 11.5 Å². The lowest BCUT2D eigenvalue weighted by Crippen LogP contribution is -2.36. The van der Waals surface area contributed by atoms with Crippen LogP contribution in [0.4, 0.5) is 10.4 Å². The monoisotopic (exact) mass is 402 g/mol. The van der Waals surface area contributed by atoms with Crippen LogP contribution in [-0.4, -0.2) is 41.3 Å². The van der Waals surface area contributed by atoms with E-state index in [0.717, 1.165) is 29.0 Å². The molecule has 0 radical (unpaired) electrons. The van der Waals surface area contributed by atoms with Crippen LogP contribution in [0.25, 0.3) is 17.0 Å². The molecule has 0 unspecified atom stereocenters. The fourth-order valence-electron chi connectivity index (χ4n) is 3.82. The van der Waals surface area contributed by atoms with Gasteiger partial charge in [0.25, 0.3) is 5.89 Å². The molecule has 0 spiro atoms. The van der Waals surface area contributed by atoms with Crippen LogP contribution in [-0.2, 0) is 6.42 Å². The van der Waals surface area contributed by atoms with Crippen molar-refractivity contribution in [1.29, 1.82) is 0 Å². The number of pyridine rings is 2. The highest BCUT2D eigenvalue weighted by molar-refractivity contribution is 5.54. The van der Waals surface area contributed by atoms with E-state index >= 15 is 0 Å². The summed E-state index contributed by atoms with van der Waals surface area (Å²) >= 11 is 0. The second-order valence-corrected chi connectivity index (χ2v) is 7.01. The summed E-state index contributed by atoms with van der Waals surface area (Å²) < 4.78 is 20.9. The molecule has 6 heterocycles. The van der Waals surface area contributed by atoms with Gasteiger partial charge in [0.2, 0.25) is 5.95 Å². The molecule has 6 rings (SSSR count). The number of nitrogens with zero attached hydrogens (tertiary/aromatic N) is 7. The fraction of sp³-hybridized carbons (Fsp3) is 0.150. The van der Waals surface area contributed by atoms with Gasteiger partial charge in [0.05, 0.1) is 28.8 Å². The van der Waals surface area contributed by atoms with Crippen LogP contribution in [0.5, 0.6) is 0 Å². The Hall–Kier alpha value is -4.08. The summed E-state index contributed by atoms with van der Waals surface area (Å²) in [5.74, 6) is -0.286. The van der Waals surface area contributed by atoms with Crippen molar-refractivity contribution in [3.05, 3.63) is 78.1 Å². The quantitative estimate of drug-likeness (QED) is 0.463.